The lowest BCUT2D eigenvalue weighted by Gasteiger charge is -2.20. The topological polar surface area (TPSA) is 64.9 Å². The van der Waals surface area contributed by atoms with Gasteiger partial charge in [-0.2, -0.15) is 5.26 Å². The Hall–Kier alpha value is -1.50. The molecule has 0 aromatic carbocycles. The molecular formula is C13H23N3O. The fraction of sp³-hybridized carbons (Fsp3) is 0.692. The number of nitrogens with one attached hydrogen (secondary N) is 2. The van der Waals surface area contributed by atoms with Crippen LogP contribution in [0.3, 0.4) is 0 Å². The summed E-state index contributed by atoms with van der Waals surface area (Å²) in [6, 6.07) is 1.90. The van der Waals surface area contributed by atoms with Gasteiger partial charge in [-0.15, -0.1) is 0 Å². The van der Waals surface area contributed by atoms with Gasteiger partial charge in [0.15, 0.2) is 0 Å². The van der Waals surface area contributed by atoms with E-state index in [9.17, 15) is 4.79 Å². The molecule has 0 bridgehead atoms. The van der Waals surface area contributed by atoms with Crippen molar-refractivity contribution in [1.82, 2.24) is 10.6 Å². The highest BCUT2D eigenvalue weighted by Gasteiger charge is 2.16. The number of carbonyl (C=O) groups excluding carboxylic acids is 1. The zero-order valence-corrected chi connectivity index (χ0v) is 11.4. The molecule has 2 N–H and O–H groups in total. The van der Waals surface area contributed by atoms with Gasteiger partial charge < -0.3 is 10.6 Å². The molecule has 0 saturated heterocycles. The summed E-state index contributed by atoms with van der Waals surface area (Å²) in [5.41, 5.74) is -0.214. The lowest BCUT2D eigenvalue weighted by molar-refractivity contribution is -0.118. The van der Waals surface area contributed by atoms with Crippen LogP contribution in [0, 0.1) is 17.2 Å². The fourth-order valence-corrected chi connectivity index (χ4v) is 1.10. The van der Waals surface area contributed by atoms with Crippen LogP contribution in [0.15, 0.2) is 11.8 Å². The molecular weight excluding hydrogens is 214 g/mol. The first kappa shape index (κ1) is 15.5. The molecule has 0 heterocycles. The third kappa shape index (κ3) is 8.32. The van der Waals surface area contributed by atoms with E-state index in [1.165, 1.54) is 6.20 Å². The van der Waals surface area contributed by atoms with Crippen molar-refractivity contribution in [2.24, 2.45) is 5.92 Å². The summed E-state index contributed by atoms with van der Waals surface area (Å²) in [5, 5.41) is 14.6. The summed E-state index contributed by atoms with van der Waals surface area (Å²) in [7, 11) is 0. The van der Waals surface area contributed by atoms with E-state index < -0.39 is 0 Å². The average molecular weight is 237 g/mol. The van der Waals surface area contributed by atoms with E-state index in [1.807, 2.05) is 26.8 Å². The maximum absolute atomic E-state index is 11.7. The first-order chi connectivity index (χ1) is 7.76. The number of hydrogen-bond donors (Lipinski definition) is 2. The van der Waals surface area contributed by atoms with E-state index in [0.717, 1.165) is 13.0 Å². The second-order valence-electron chi connectivity index (χ2n) is 5.51. The van der Waals surface area contributed by atoms with Gasteiger partial charge in [0.2, 0.25) is 0 Å². The quantitative estimate of drug-likeness (QED) is 0.436. The Balaban J connectivity index is 4.28. The Bertz CT molecular complexity index is 319. The van der Waals surface area contributed by atoms with Gasteiger partial charge in [-0.1, -0.05) is 13.8 Å². The summed E-state index contributed by atoms with van der Waals surface area (Å²) in [4.78, 5) is 11.7. The van der Waals surface area contributed by atoms with E-state index in [-0.39, 0.29) is 17.0 Å². The van der Waals surface area contributed by atoms with Gasteiger partial charge in [0.25, 0.3) is 5.91 Å². The zero-order valence-electron chi connectivity index (χ0n) is 11.4. The van der Waals surface area contributed by atoms with Crippen LogP contribution in [0.5, 0.6) is 0 Å². The molecule has 0 aliphatic rings. The molecule has 0 spiro atoms. The molecule has 0 unspecified atom stereocenters. The zero-order chi connectivity index (χ0) is 13.5. The number of hydrogen-bond acceptors (Lipinski definition) is 3. The number of nitrogens with zero attached hydrogens (tertiary/aromatic N) is 1. The molecule has 0 saturated carbocycles. The maximum Gasteiger partial charge on any atom is 0.263 e. The van der Waals surface area contributed by atoms with E-state index in [0.29, 0.717) is 5.92 Å². The predicted molar refractivity (Wildman–Crippen MR) is 69.0 cm³/mol. The highest BCUT2D eigenvalue weighted by molar-refractivity contribution is 5.97. The number of amides is 1. The molecule has 0 rings (SSSR count). The second kappa shape index (κ2) is 6.95. The third-order valence-corrected chi connectivity index (χ3v) is 1.97. The third-order valence-electron chi connectivity index (χ3n) is 1.97. The summed E-state index contributed by atoms with van der Waals surface area (Å²) >= 11 is 0. The van der Waals surface area contributed by atoms with Gasteiger partial charge in [-0.3, -0.25) is 4.79 Å². The van der Waals surface area contributed by atoms with E-state index in [2.05, 4.69) is 24.5 Å². The van der Waals surface area contributed by atoms with E-state index in [1.54, 1.807) is 0 Å². The van der Waals surface area contributed by atoms with Crippen molar-refractivity contribution in [1.29, 1.82) is 5.26 Å². The van der Waals surface area contributed by atoms with Crippen molar-refractivity contribution in [2.45, 2.75) is 46.6 Å². The first-order valence-electron chi connectivity index (χ1n) is 5.92. The smallest absolute Gasteiger partial charge is 0.263 e. The van der Waals surface area contributed by atoms with Crippen molar-refractivity contribution in [3.8, 4) is 6.07 Å². The highest BCUT2D eigenvalue weighted by Crippen LogP contribution is 2.02. The van der Waals surface area contributed by atoms with Gasteiger partial charge in [0, 0.05) is 18.3 Å². The van der Waals surface area contributed by atoms with E-state index in [4.69, 9.17) is 5.26 Å². The SMILES string of the molecule is CC(C)CCN/C=C(/C#N)C(=O)NC(C)(C)C. The number of carbonyl (C=O) groups is 1. The van der Waals surface area contributed by atoms with Crippen molar-refractivity contribution < 1.29 is 4.79 Å². The molecule has 0 aromatic heterocycles. The first-order valence-corrected chi connectivity index (χ1v) is 5.92. The van der Waals surface area contributed by atoms with Crippen LogP contribution in [0.4, 0.5) is 0 Å². The monoisotopic (exact) mass is 237 g/mol. The van der Waals surface area contributed by atoms with E-state index >= 15 is 0 Å². The predicted octanol–water partition coefficient (Wildman–Crippen LogP) is 1.94. The lowest BCUT2D eigenvalue weighted by atomic mass is 10.1. The van der Waals surface area contributed by atoms with Gasteiger partial charge in [-0.05, 0) is 33.1 Å². The van der Waals surface area contributed by atoms with Crippen LogP contribution >= 0.6 is 0 Å². The molecule has 4 heteroatoms. The standard InChI is InChI=1S/C13H23N3O/c1-10(2)6-7-15-9-11(8-14)12(17)16-13(3,4)5/h9-10,15H,6-7H2,1-5H3,(H,16,17)/b11-9-. The largest absolute Gasteiger partial charge is 0.390 e. The Morgan fingerprint density at radius 1 is 1.41 bits per heavy atom. The van der Waals surface area contributed by atoms with Crippen LogP contribution in [-0.2, 0) is 4.79 Å². The molecule has 0 atom stereocenters. The molecule has 0 fully saturated rings. The number of rotatable bonds is 5. The Morgan fingerprint density at radius 3 is 2.41 bits per heavy atom. The lowest BCUT2D eigenvalue weighted by Crippen LogP contribution is -2.41. The summed E-state index contributed by atoms with van der Waals surface area (Å²) < 4.78 is 0. The van der Waals surface area contributed by atoms with Gasteiger partial charge in [0.1, 0.15) is 11.6 Å². The molecule has 17 heavy (non-hydrogen) atoms. The van der Waals surface area contributed by atoms with Crippen molar-refractivity contribution >= 4 is 5.91 Å². The van der Waals surface area contributed by atoms with Crippen LogP contribution in [0.25, 0.3) is 0 Å². The van der Waals surface area contributed by atoms with Crippen LogP contribution in [0.1, 0.15) is 41.0 Å². The molecule has 0 aliphatic carbocycles. The molecule has 4 nitrogen and oxygen atoms in total. The molecule has 0 radical (unpaired) electrons. The molecule has 96 valence electrons. The minimum absolute atomic E-state index is 0.115. The Morgan fingerprint density at radius 2 is 2.00 bits per heavy atom. The summed E-state index contributed by atoms with van der Waals surface area (Å²) in [6.45, 7) is 10.7. The molecule has 0 aromatic rings. The molecule has 1 amide bonds. The van der Waals surface area contributed by atoms with Gasteiger partial charge in [-0.25, -0.2) is 0 Å². The summed E-state index contributed by atoms with van der Waals surface area (Å²) in [5.74, 6) is 0.266. The second-order valence-corrected chi connectivity index (χ2v) is 5.51. The average Bonchev–Trinajstić information content (AvgIpc) is 2.14. The van der Waals surface area contributed by atoms with Crippen LogP contribution in [0.2, 0.25) is 0 Å². The van der Waals surface area contributed by atoms with Crippen molar-refractivity contribution in [2.75, 3.05) is 6.54 Å². The maximum atomic E-state index is 11.7. The highest BCUT2D eigenvalue weighted by atomic mass is 16.1. The molecule has 0 aliphatic heterocycles. The summed E-state index contributed by atoms with van der Waals surface area (Å²) in [6.07, 6.45) is 2.50. The van der Waals surface area contributed by atoms with Crippen LogP contribution in [-0.4, -0.2) is 18.0 Å². The van der Waals surface area contributed by atoms with Crippen LogP contribution < -0.4 is 10.6 Å². The van der Waals surface area contributed by atoms with Crippen molar-refractivity contribution in [3.63, 3.8) is 0 Å². The van der Waals surface area contributed by atoms with Crippen molar-refractivity contribution in [3.05, 3.63) is 11.8 Å². The fourth-order valence-electron chi connectivity index (χ4n) is 1.10. The normalized spacial score (nSPS) is 12.2. The van der Waals surface area contributed by atoms with Gasteiger partial charge >= 0.3 is 0 Å². The minimum atomic E-state index is -0.336. The van der Waals surface area contributed by atoms with Gasteiger partial charge in [0.05, 0.1) is 0 Å². The Labute approximate surface area is 104 Å². The minimum Gasteiger partial charge on any atom is -0.390 e. The Kier molecular flexibility index (Phi) is 6.34. The number of nitriles is 1.